The number of imidazole rings is 1. The van der Waals surface area contributed by atoms with E-state index in [4.69, 9.17) is 4.55 Å². The summed E-state index contributed by atoms with van der Waals surface area (Å²) in [5, 5.41) is 0. The van der Waals surface area contributed by atoms with Crippen molar-refractivity contribution in [2.75, 3.05) is 6.61 Å². The van der Waals surface area contributed by atoms with Crippen molar-refractivity contribution in [2.45, 2.75) is 39.7 Å². The molecule has 0 aliphatic heterocycles. The molecular weight excluding hydrogens is 244 g/mol. The van der Waals surface area contributed by atoms with E-state index in [1.165, 1.54) is 26.2 Å². The number of aryl methyl sites for hydroxylation is 1. The highest BCUT2D eigenvalue weighted by atomic mass is 32.3. The van der Waals surface area contributed by atoms with Gasteiger partial charge in [-0.1, -0.05) is 19.8 Å². The molecule has 0 aliphatic carbocycles. The Morgan fingerprint density at radius 3 is 2.41 bits per heavy atom. The van der Waals surface area contributed by atoms with E-state index in [9.17, 15) is 8.42 Å². The van der Waals surface area contributed by atoms with Crippen LogP contribution in [0.1, 0.15) is 33.1 Å². The Morgan fingerprint density at radius 1 is 1.35 bits per heavy atom. The maximum atomic E-state index is 9.56. The van der Waals surface area contributed by atoms with Gasteiger partial charge in [0.25, 0.3) is 0 Å². The van der Waals surface area contributed by atoms with E-state index in [0.717, 1.165) is 6.54 Å². The maximum absolute atomic E-state index is 9.56. The highest BCUT2D eigenvalue weighted by Gasteiger charge is 1.98. The first-order valence-electron chi connectivity index (χ1n) is 5.57. The predicted molar refractivity (Wildman–Crippen MR) is 64.9 cm³/mol. The lowest BCUT2D eigenvalue weighted by molar-refractivity contribution is 0.283. The molecule has 1 N–H and O–H groups in total. The minimum atomic E-state index is -4.17. The van der Waals surface area contributed by atoms with Crippen molar-refractivity contribution in [1.29, 1.82) is 0 Å². The second kappa shape index (κ2) is 9.15. The van der Waals surface area contributed by atoms with E-state index in [-0.39, 0.29) is 6.61 Å². The molecule has 0 saturated carbocycles. The number of hydrogen-bond acceptors (Lipinski definition) is 4. The van der Waals surface area contributed by atoms with Gasteiger partial charge in [0.05, 0.1) is 12.9 Å². The Labute approximate surface area is 103 Å². The van der Waals surface area contributed by atoms with Gasteiger partial charge in [0.1, 0.15) is 0 Å². The van der Waals surface area contributed by atoms with Gasteiger partial charge in [-0.2, -0.15) is 8.42 Å². The Hall–Kier alpha value is -0.920. The number of unbranched alkanes of at least 4 members (excludes halogenated alkanes) is 2. The molecule has 17 heavy (non-hydrogen) atoms. The second-order valence-corrected chi connectivity index (χ2v) is 4.43. The van der Waals surface area contributed by atoms with E-state index in [0.29, 0.717) is 0 Å². The number of nitrogens with zero attached hydrogens (tertiary/aromatic N) is 2. The molecule has 7 heteroatoms. The molecule has 1 aromatic heterocycles. The molecule has 100 valence electrons. The zero-order valence-corrected chi connectivity index (χ0v) is 11.1. The summed E-state index contributed by atoms with van der Waals surface area (Å²) in [6.45, 7) is 4.77. The highest BCUT2D eigenvalue weighted by molar-refractivity contribution is 7.80. The molecule has 0 unspecified atom stereocenters. The van der Waals surface area contributed by atoms with E-state index >= 15 is 0 Å². The third-order valence-corrected chi connectivity index (χ3v) is 2.38. The van der Waals surface area contributed by atoms with Crippen LogP contribution in [-0.2, 0) is 21.1 Å². The molecule has 1 heterocycles. The summed E-state index contributed by atoms with van der Waals surface area (Å²) in [4.78, 5) is 3.96. The quantitative estimate of drug-likeness (QED) is 0.627. The zero-order valence-electron chi connectivity index (χ0n) is 10.2. The number of aromatic nitrogens is 2. The van der Waals surface area contributed by atoms with Crippen molar-refractivity contribution in [1.82, 2.24) is 9.55 Å². The van der Waals surface area contributed by atoms with E-state index in [2.05, 4.69) is 20.7 Å². The lowest BCUT2D eigenvalue weighted by Gasteiger charge is -1.98. The van der Waals surface area contributed by atoms with Crippen LogP contribution in [0.5, 0.6) is 0 Å². The molecule has 0 aromatic carbocycles. The van der Waals surface area contributed by atoms with E-state index < -0.39 is 10.4 Å². The molecule has 0 spiro atoms. The summed E-state index contributed by atoms with van der Waals surface area (Å²) < 4.78 is 32.8. The van der Waals surface area contributed by atoms with Crippen LogP contribution in [0.2, 0.25) is 0 Å². The third kappa shape index (κ3) is 11.3. The fraction of sp³-hybridized carbons (Fsp3) is 0.700. The van der Waals surface area contributed by atoms with Gasteiger partial charge in [-0.25, -0.2) is 9.17 Å². The Balaban J connectivity index is 0.000000325. The second-order valence-electron chi connectivity index (χ2n) is 3.34. The van der Waals surface area contributed by atoms with Crippen LogP contribution in [0.15, 0.2) is 18.7 Å². The van der Waals surface area contributed by atoms with Crippen molar-refractivity contribution >= 4 is 10.4 Å². The minimum absolute atomic E-state index is 0.0289. The molecule has 0 radical (unpaired) electrons. The monoisotopic (exact) mass is 264 g/mol. The van der Waals surface area contributed by atoms with Crippen LogP contribution in [0.4, 0.5) is 0 Å². The van der Waals surface area contributed by atoms with Crippen molar-refractivity contribution in [3.8, 4) is 0 Å². The molecule has 0 aliphatic rings. The maximum Gasteiger partial charge on any atom is 0.397 e. The summed E-state index contributed by atoms with van der Waals surface area (Å²) in [5.74, 6) is 0. The summed E-state index contributed by atoms with van der Waals surface area (Å²) in [5.41, 5.74) is 0. The fourth-order valence-corrected chi connectivity index (χ4v) is 1.41. The Bertz CT molecular complexity index is 362. The first kappa shape index (κ1) is 16.1. The van der Waals surface area contributed by atoms with Gasteiger partial charge >= 0.3 is 10.4 Å². The zero-order chi connectivity index (χ0) is 13.1. The van der Waals surface area contributed by atoms with Gasteiger partial charge in [-0.15, -0.1) is 0 Å². The van der Waals surface area contributed by atoms with Crippen LogP contribution >= 0.6 is 0 Å². The molecule has 0 saturated heterocycles. The van der Waals surface area contributed by atoms with Crippen LogP contribution in [-0.4, -0.2) is 29.1 Å². The number of hydrogen-bond donors (Lipinski definition) is 1. The summed E-state index contributed by atoms with van der Waals surface area (Å²) in [6, 6.07) is 0. The molecule has 0 bridgehead atoms. The normalized spacial score (nSPS) is 10.8. The Kier molecular flexibility index (Phi) is 8.65. The van der Waals surface area contributed by atoms with Crippen molar-refractivity contribution in [2.24, 2.45) is 0 Å². The number of rotatable bonds is 6. The standard InChI is InChI=1S/C8H14N2.C2H6O4S/c1-2-3-4-6-10-7-5-9-8-10;1-2-6-7(3,4)5/h5,7-8H,2-4,6H2,1H3;2H2,1H3,(H,3,4,5). The van der Waals surface area contributed by atoms with Gasteiger partial charge in [0, 0.05) is 18.9 Å². The first-order chi connectivity index (χ1) is 7.99. The smallest absolute Gasteiger partial charge is 0.337 e. The van der Waals surface area contributed by atoms with Crippen molar-refractivity contribution < 1.29 is 17.2 Å². The highest BCUT2D eigenvalue weighted by Crippen LogP contribution is 1.97. The predicted octanol–water partition coefficient (Wildman–Crippen LogP) is 1.90. The molecule has 0 fully saturated rings. The Morgan fingerprint density at radius 2 is 2.06 bits per heavy atom. The molecule has 1 rings (SSSR count). The SMILES string of the molecule is CCCCCn1ccnc1.CCOS(=O)(=O)O. The lowest BCUT2D eigenvalue weighted by atomic mass is 10.2. The molecule has 0 atom stereocenters. The molecule has 0 amide bonds. The average Bonchev–Trinajstić information content (AvgIpc) is 2.70. The van der Waals surface area contributed by atoms with Gasteiger partial charge in [0.2, 0.25) is 0 Å². The third-order valence-electron chi connectivity index (χ3n) is 1.85. The van der Waals surface area contributed by atoms with Crippen LogP contribution in [0.3, 0.4) is 0 Å². The van der Waals surface area contributed by atoms with Crippen LogP contribution in [0, 0.1) is 0 Å². The molecule has 1 aromatic rings. The van der Waals surface area contributed by atoms with Gasteiger partial charge < -0.3 is 4.57 Å². The summed E-state index contributed by atoms with van der Waals surface area (Å²) in [6.07, 6.45) is 9.58. The van der Waals surface area contributed by atoms with Gasteiger partial charge in [0.15, 0.2) is 0 Å². The van der Waals surface area contributed by atoms with Gasteiger partial charge in [-0.05, 0) is 13.3 Å². The molecular formula is C10H20N2O4S. The minimum Gasteiger partial charge on any atom is -0.337 e. The fourth-order valence-electron chi connectivity index (χ4n) is 1.11. The van der Waals surface area contributed by atoms with E-state index in [1.807, 2.05) is 18.7 Å². The van der Waals surface area contributed by atoms with Crippen molar-refractivity contribution in [3.05, 3.63) is 18.7 Å². The van der Waals surface area contributed by atoms with Crippen molar-refractivity contribution in [3.63, 3.8) is 0 Å². The van der Waals surface area contributed by atoms with Crippen LogP contribution < -0.4 is 0 Å². The summed E-state index contributed by atoms with van der Waals surface area (Å²) in [7, 11) is -4.17. The topological polar surface area (TPSA) is 81.4 Å². The molecule has 6 nitrogen and oxygen atoms in total. The first-order valence-corrected chi connectivity index (χ1v) is 6.93. The van der Waals surface area contributed by atoms with Gasteiger partial charge in [-0.3, -0.25) is 4.55 Å². The lowest BCUT2D eigenvalue weighted by Crippen LogP contribution is -2.01. The largest absolute Gasteiger partial charge is 0.397 e. The van der Waals surface area contributed by atoms with Crippen LogP contribution in [0.25, 0.3) is 0 Å². The average molecular weight is 264 g/mol. The summed E-state index contributed by atoms with van der Waals surface area (Å²) >= 11 is 0. The van der Waals surface area contributed by atoms with E-state index in [1.54, 1.807) is 0 Å².